The molecule has 3 aromatic rings. The lowest BCUT2D eigenvalue weighted by molar-refractivity contribution is -0.119. The molecule has 1 unspecified atom stereocenters. The molecule has 35 heavy (non-hydrogen) atoms. The van der Waals surface area contributed by atoms with Gasteiger partial charge in [0.2, 0.25) is 5.91 Å². The standard InChI is InChI=1S/C27H25ClN2O5/c1-2-16(25(31)30-24-13-17(28)11-12-22(24)26(32)33)14-29-27(34)35-15-23-20-9-5-3-7-18(20)19-8-4-6-10-21(19)23/h3-13,16,23H,2,14-15H2,1H3,(H,29,34)(H,30,31)(H,32,33). The van der Waals surface area contributed by atoms with Crippen molar-refractivity contribution < 1.29 is 24.2 Å². The molecule has 8 heteroatoms. The third-order valence-electron chi connectivity index (χ3n) is 6.17. The molecule has 1 atom stereocenters. The van der Waals surface area contributed by atoms with Crippen molar-refractivity contribution in [3.63, 3.8) is 0 Å². The van der Waals surface area contributed by atoms with Crippen molar-refractivity contribution in [2.45, 2.75) is 19.3 Å². The van der Waals surface area contributed by atoms with Crippen LogP contribution in [0.5, 0.6) is 0 Å². The Morgan fingerprint density at radius 1 is 1.00 bits per heavy atom. The molecule has 1 aliphatic rings. The van der Waals surface area contributed by atoms with E-state index in [4.69, 9.17) is 16.3 Å². The van der Waals surface area contributed by atoms with Gasteiger partial charge < -0.3 is 20.5 Å². The van der Waals surface area contributed by atoms with Crippen molar-refractivity contribution in [1.29, 1.82) is 0 Å². The van der Waals surface area contributed by atoms with Gasteiger partial charge in [-0.25, -0.2) is 9.59 Å². The van der Waals surface area contributed by atoms with E-state index in [1.165, 1.54) is 18.2 Å². The zero-order chi connectivity index (χ0) is 24.9. The molecule has 0 saturated carbocycles. The van der Waals surface area contributed by atoms with Gasteiger partial charge in [-0.1, -0.05) is 67.1 Å². The first kappa shape index (κ1) is 24.3. The number of halogens is 1. The number of nitrogens with one attached hydrogen (secondary N) is 2. The normalized spacial score (nSPS) is 12.9. The van der Waals surface area contributed by atoms with E-state index < -0.39 is 23.9 Å². The molecule has 0 heterocycles. The van der Waals surface area contributed by atoms with Gasteiger partial charge in [0.15, 0.2) is 0 Å². The van der Waals surface area contributed by atoms with Crippen molar-refractivity contribution in [2.24, 2.45) is 5.92 Å². The first-order chi connectivity index (χ1) is 16.9. The van der Waals surface area contributed by atoms with Crippen LogP contribution in [0, 0.1) is 5.92 Å². The fourth-order valence-electron chi connectivity index (χ4n) is 4.32. The van der Waals surface area contributed by atoms with Crippen LogP contribution in [0.2, 0.25) is 5.02 Å². The number of fused-ring (bicyclic) bond motifs is 3. The summed E-state index contributed by atoms with van der Waals surface area (Å²) in [6.07, 6.45) is -0.189. The van der Waals surface area contributed by atoms with E-state index in [2.05, 4.69) is 22.8 Å². The van der Waals surface area contributed by atoms with Crippen molar-refractivity contribution in [2.75, 3.05) is 18.5 Å². The number of rotatable bonds is 8. The van der Waals surface area contributed by atoms with Gasteiger partial charge in [0.1, 0.15) is 6.61 Å². The number of carboxylic acids is 1. The molecule has 4 rings (SSSR count). The number of hydrogen-bond acceptors (Lipinski definition) is 4. The Morgan fingerprint density at radius 2 is 1.63 bits per heavy atom. The largest absolute Gasteiger partial charge is 0.478 e. The number of ether oxygens (including phenoxy) is 1. The van der Waals surface area contributed by atoms with Crippen LogP contribution < -0.4 is 10.6 Å². The zero-order valence-electron chi connectivity index (χ0n) is 19.1. The highest BCUT2D eigenvalue weighted by atomic mass is 35.5. The number of alkyl carbamates (subject to hydrolysis) is 1. The Hall–Kier alpha value is -3.84. The first-order valence-corrected chi connectivity index (χ1v) is 11.7. The summed E-state index contributed by atoms with van der Waals surface area (Å²) < 4.78 is 5.52. The minimum absolute atomic E-state index is 0.0436. The van der Waals surface area contributed by atoms with Gasteiger partial charge >= 0.3 is 12.1 Å². The predicted molar refractivity (Wildman–Crippen MR) is 134 cm³/mol. The van der Waals surface area contributed by atoms with E-state index in [1.807, 2.05) is 36.4 Å². The predicted octanol–water partition coefficient (Wildman–Crippen LogP) is 5.54. The highest BCUT2D eigenvalue weighted by Crippen LogP contribution is 2.44. The minimum Gasteiger partial charge on any atom is -0.478 e. The molecule has 0 aliphatic heterocycles. The van der Waals surface area contributed by atoms with Crippen molar-refractivity contribution in [3.8, 4) is 11.1 Å². The van der Waals surface area contributed by atoms with Crippen LogP contribution in [0.1, 0.15) is 40.7 Å². The number of anilines is 1. The van der Waals surface area contributed by atoms with E-state index in [0.29, 0.717) is 11.4 Å². The van der Waals surface area contributed by atoms with Gasteiger partial charge in [-0.15, -0.1) is 0 Å². The van der Waals surface area contributed by atoms with Gasteiger partial charge in [-0.05, 0) is 46.9 Å². The highest BCUT2D eigenvalue weighted by Gasteiger charge is 2.29. The molecular formula is C27H25ClN2O5. The van der Waals surface area contributed by atoms with Crippen LogP contribution in [0.25, 0.3) is 11.1 Å². The van der Waals surface area contributed by atoms with Crippen molar-refractivity contribution in [3.05, 3.63) is 88.4 Å². The lowest BCUT2D eigenvalue weighted by Gasteiger charge is -2.18. The maximum Gasteiger partial charge on any atom is 0.407 e. The highest BCUT2D eigenvalue weighted by molar-refractivity contribution is 6.31. The Bertz CT molecular complexity index is 1230. The average Bonchev–Trinajstić information content (AvgIpc) is 3.16. The second kappa shape index (κ2) is 10.6. The number of carboxylic acid groups (broad SMARTS) is 1. The molecule has 7 nitrogen and oxygen atoms in total. The van der Waals surface area contributed by atoms with Crippen LogP contribution in [-0.4, -0.2) is 36.2 Å². The summed E-state index contributed by atoms with van der Waals surface area (Å²) in [6.45, 7) is 2.02. The first-order valence-electron chi connectivity index (χ1n) is 11.3. The molecule has 0 fully saturated rings. The van der Waals surface area contributed by atoms with Crippen LogP contribution in [0.4, 0.5) is 10.5 Å². The van der Waals surface area contributed by atoms with E-state index >= 15 is 0 Å². The van der Waals surface area contributed by atoms with Crippen molar-refractivity contribution >= 4 is 35.3 Å². The van der Waals surface area contributed by atoms with E-state index in [0.717, 1.165) is 22.3 Å². The number of carbonyl (C=O) groups excluding carboxylic acids is 2. The van der Waals surface area contributed by atoms with Gasteiger partial charge in [-0.2, -0.15) is 0 Å². The summed E-state index contributed by atoms with van der Waals surface area (Å²) in [5.74, 6) is -2.25. The third kappa shape index (κ3) is 5.30. The lowest BCUT2D eigenvalue weighted by Crippen LogP contribution is -2.36. The van der Waals surface area contributed by atoms with Gasteiger partial charge in [0.25, 0.3) is 0 Å². The quantitative estimate of drug-likeness (QED) is 0.383. The number of aromatic carboxylic acids is 1. The van der Waals surface area contributed by atoms with E-state index in [9.17, 15) is 19.5 Å². The van der Waals surface area contributed by atoms with Crippen LogP contribution in [0.3, 0.4) is 0 Å². The topological polar surface area (TPSA) is 105 Å². The number of carbonyl (C=O) groups is 3. The molecule has 2 amide bonds. The molecule has 0 saturated heterocycles. The third-order valence-corrected chi connectivity index (χ3v) is 6.41. The molecule has 180 valence electrons. The number of benzene rings is 3. The Kier molecular flexibility index (Phi) is 7.36. The molecule has 1 aliphatic carbocycles. The summed E-state index contributed by atoms with van der Waals surface area (Å²) in [5, 5.41) is 14.9. The summed E-state index contributed by atoms with van der Waals surface area (Å²) >= 11 is 5.96. The zero-order valence-corrected chi connectivity index (χ0v) is 19.8. The summed E-state index contributed by atoms with van der Waals surface area (Å²) in [5.41, 5.74) is 4.55. The Morgan fingerprint density at radius 3 is 2.23 bits per heavy atom. The maximum atomic E-state index is 12.7. The second-order valence-corrected chi connectivity index (χ2v) is 8.73. The SMILES string of the molecule is CCC(CNC(=O)OCC1c2ccccc2-c2ccccc21)C(=O)Nc1cc(Cl)ccc1C(=O)O. The van der Waals surface area contributed by atoms with Gasteiger partial charge in [0.05, 0.1) is 17.2 Å². The number of amides is 2. The fraction of sp³-hybridized carbons (Fsp3) is 0.222. The molecule has 0 spiro atoms. The molecule has 3 aromatic carbocycles. The maximum absolute atomic E-state index is 12.7. The molecular weight excluding hydrogens is 468 g/mol. The van der Waals surface area contributed by atoms with Crippen molar-refractivity contribution in [1.82, 2.24) is 5.32 Å². The number of hydrogen-bond donors (Lipinski definition) is 3. The summed E-state index contributed by atoms with van der Waals surface area (Å²) in [4.78, 5) is 36.6. The molecule has 0 radical (unpaired) electrons. The Labute approximate surface area is 208 Å². The van der Waals surface area contributed by atoms with E-state index in [1.54, 1.807) is 6.92 Å². The molecule has 0 bridgehead atoms. The van der Waals surface area contributed by atoms with Gasteiger partial charge in [0, 0.05) is 17.5 Å². The monoisotopic (exact) mass is 492 g/mol. The fourth-order valence-corrected chi connectivity index (χ4v) is 4.49. The summed E-state index contributed by atoms with van der Waals surface area (Å²) in [6, 6.07) is 20.3. The molecule has 3 N–H and O–H groups in total. The smallest absolute Gasteiger partial charge is 0.407 e. The van der Waals surface area contributed by atoms with Crippen LogP contribution >= 0.6 is 11.6 Å². The van der Waals surface area contributed by atoms with Gasteiger partial charge in [-0.3, -0.25) is 4.79 Å². The second-order valence-electron chi connectivity index (χ2n) is 8.30. The Balaban J connectivity index is 1.35. The minimum atomic E-state index is -1.18. The van der Waals surface area contributed by atoms with Crippen LogP contribution in [-0.2, 0) is 9.53 Å². The summed E-state index contributed by atoms with van der Waals surface area (Å²) in [7, 11) is 0. The van der Waals surface area contributed by atoms with Crippen LogP contribution in [0.15, 0.2) is 66.7 Å². The molecule has 0 aromatic heterocycles. The average molecular weight is 493 g/mol. The van der Waals surface area contributed by atoms with E-state index in [-0.39, 0.29) is 30.3 Å². The lowest BCUT2D eigenvalue weighted by atomic mass is 9.98.